The van der Waals surface area contributed by atoms with Crippen molar-refractivity contribution in [2.24, 2.45) is 0 Å². The molecule has 1 aromatic carbocycles. The van der Waals surface area contributed by atoms with Crippen LogP contribution in [-0.4, -0.2) is 54.0 Å². The zero-order chi connectivity index (χ0) is 22.2. The molecular weight excluding hydrogens is 366 g/mol. The zero-order valence-electron chi connectivity index (χ0n) is 18.6. The van der Waals surface area contributed by atoms with Gasteiger partial charge in [0.1, 0.15) is 0 Å². The van der Waals surface area contributed by atoms with Crippen molar-refractivity contribution >= 4 is 0 Å². The minimum Gasteiger partial charge on any atom is -0.292 e. The first kappa shape index (κ1) is 25.6. The summed E-state index contributed by atoms with van der Waals surface area (Å²) in [6, 6.07) is 6.94. The average molecular weight is 406 g/mol. The summed E-state index contributed by atoms with van der Waals surface area (Å²) in [5.74, 6) is 0. The molecule has 0 aliphatic heterocycles. The van der Waals surface area contributed by atoms with E-state index in [0.717, 1.165) is 58.9 Å². The summed E-state index contributed by atoms with van der Waals surface area (Å²) < 4.78 is 0. The molecule has 0 spiro atoms. The van der Waals surface area contributed by atoms with Gasteiger partial charge >= 0.3 is 0 Å². The normalized spacial score (nSPS) is 10.9. The van der Waals surface area contributed by atoms with E-state index < -0.39 is 0 Å². The molecule has 0 aromatic heterocycles. The van der Waals surface area contributed by atoms with Crippen LogP contribution >= 0.6 is 0 Å². The summed E-state index contributed by atoms with van der Waals surface area (Å²) >= 11 is 0. The van der Waals surface area contributed by atoms with Gasteiger partial charge in [0.25, 0.3) is 0 Å². The number of benzene rings is 1. The molecule has 0 aliphatic carbocycles. The minimum absolute atomic E-state index is 0.837. The first-order valence-corrected chi connectivity index (χ1v) is 10.5. The van der Waals surface area contributed by atoms with Crippen LogP contribution in [0.5, 0.6) is 0 Å². The Labute approximate surface area is 184 Å². The predicted octanol–water partition coefficient (Wildman–Crippen LogP) is 5.21. The van der Waals surface area contributed by atoms with E-state index in [1.165, 1.54) is 16.7 Å². The van der Waals surface area contributed by atoms with Crippen LogP contribution in [0.4, 0.5) is 0 Å². The van der Waals surface area contributed by atoms with E-state index in [1.807, 2.05) is 36.5 Å². The molecule has 3 nitrogen and oxygen atoms in total. The number of hydrogen-bond acceptors (Lipinski definition) is 3. The van der Waals surface area contributed by atoms with Gasteiger partial charge < -0.3 is 0 Å². The molecule has 0 heterocycles. The minimum atomic E-state index is 0.837. The van der Waals surface area contributed by atoms with Crippen molar-refractivity contribution in [3.63, 3.8) is 0 Å². The van der Waals surface area contributed by atoms with Gasteiger partial charge in [-0.05, 0) is 16.7 Å². The van der Waals surface area contributed by atoms with Crippen molar-refractivity contribution in [1.82, 2.24) is 14.7 Å². The molecular formula is C27H39N3. The van der Waals surface area contributed by atoms with E-state index in [1.54, 1.807) is 0 Å². The van der Waals surface area contributed by atoms with Crippen molar-refractivity contribution in [1.29, 1.82) is 0 Å². The summed E-state index contributed by atoms with van der Waals surface area (Å²) in [6.07, 6.45) is 11.7. The monoisotopic (exact) mass is 405 g/mol. The van der Waals surface area contributed by atoms with Gasteiger partial charge in [0, 0.05) is 58.9 Å². The maximum atomic E-state index is 3.89. The topological polar surface area (TPSA) is 9.72 Å². The maximum Gasteiger partial charge on any atom is 0.0240 e. The third kappa shape index (κ3) is 9.84. The number of rotatable bonds is 18. The lowest BCUT2D eigenvalue weighted by Gasteiger charge is -2.24. The Morgan fingerprint density at radius 2 is 0.633 bits per heavy atom. The zero-order valence-corrected chi connectivity index (χ0v) is 18.6. The Bertz CT molecular complexity index is 567. The first-order valence-electron chi connectivity index (χ1n) is 10.5. The lowest BCUT2D eigenvalue weighted by atomic mass is 10.0. The van der Waals surface area contributed by atoms with E-state index in [9.17, 15) is 0 Å². The Morgan fingerprint density at radius 3 is 0.800 bits per heavy atom. The third-order valence-corrected chi connectivity index (χ3v) is 4.65. The molecule has 0 amide bonds. The average Bonchev–Trinajstić information content (AvgIpc) is 2.69. The van der Waals surface area contributed by atoms with Gasteiger partial charge in [0.15, 0.2) is 0 Å². The van der Waals surface area contributed by atoms with E-state index in [2.05, 4.69) is 72.4 Å². The highest BCUT2D eigenvalue weighted by Gasteiger charge is 2.11. The molecule has 0 fully saturated rings. The molecule has 1 rings (SSSR count). The van der Waals surface area contributed by atoms with E-state index in [0.29, 0.717) is 0 Å². The molecule has 0 aliphatic rings. The van der Waals surface area contributed by atoms with Gasteiger partial charge in [-0.15, -0.1) is 39.5 Å². The highest BCUT2D eigenvalue weighted by atomic mass is 15.1. The van der Waals surface area contributed by atoms with Crippen molar-refractivity contribution in [3.05, 3.63) is 111 Å². The fourth-order valence-electron chi connectivity index (χ4n) is 3.59. The first-order chi connectivity index (χ1) is 14.6. The highest BCUT2D eigenvalue weighted by molar-refractivity contribution is 5.31. The molecule has 3 heteroatoms. The highest BCUT2D eigenvalue weighted by Crippen LogP contribution is 2.17. The smallest absolute Gasteiger partial charge is 0.0240 e. The molecule has 0 radical (unpaired) electrons. The standard InChI is InChI=1S/C27H39N3/c1-7-13-28(14-8-2)22-25-19-26(23-29(15-9-3)16-10-4)21-27(20-25)24-30(17-11-5)18-12-6/h7-12,19-21H,1-6,13-18,22-24H2. The SMILES string of the molecule is C=CCN(CC=C)Cc1cc(CN(CC=C)CC=C)cc(CN(CC=C)CC=C)c1. The van der Waals surface area contributed by atoms with Gasteiger partial charge in [0.2, 0.25) is 0 Å². The second-order valence-corrected chi connectivity index (χ2v) is 7.47. The van der Waals surface area contributed by atoms with E-state index in [4.69, 9.17) is 0 Å². The quantitative estimate of drug-likeness (QED) is 0.311. The van der Waals surface area contributed by atoms with Crippen LogP contribution < -0.4 is 0 Å². The predicted molar refractivity (Wildman–Crippen MR) is 133 cm³/mol. The van der Waals surface area contributed by atoms with Crippen LogP contribution in [0, 0.1) is 0 Å². The van der Waals surface area contributed by atoms with Crippen LogP contribution in [0.2, 0.25) is 0 Å². The molecule has 30 heavy (non-hydrogen) atoms. The van der Waals surface area contributed by atoms with Crippen LogP contribution in [0.15, 0.2) is 94.1 Å². The molecule has 0 unspecified atom stereocenters. The molecule has 162 valence electrons. The van der Waals surface area contributed by atoms with Crippen molar-refractivity contribution < 1.29 is 0 Å². The molecule has 0 saturated carbocycles. The second-order valence-electron chi connectivity index (χ2n) is 7.47. The van der Waals surface area contributed by atoms with Crippen LogP contribution in [-0.2, 0) is 19.6 Å². The van der Waals surface area contributed by atoms with E-state index >= 15 is 0 Å². The fourth-order valence-corrected chi connectivity index (χ4v) is 3.59. The van der Waals surface area contributed by atoms with Gasteiger partial charge in [0.05, 0.1) is 0 Å². The Hall–Kier alpha value is -2.46. The van der Waals surface area contributed by atoms with Gasteiger partial charge in [-0.2, -0.15) is 0 Å². The fraction of sp³-hybridized carbons (Fsp3) is 0.333. The van der Waals surface area contributed by atoms with Crippen LogP contribution in [0.3, 0.4) is 0 Å². The van der Waals surface area contributed by atoms with Crippen molar-refractivity contribution in [2.45, 2.75) is 19.6 Å². The second kappa shape index (κ2) is 15.4. The van der Waals surface area contributed by atoms with Crippen molar-refractivity contribution in [3.8, 4) is 0 Å². The van der Waals surface area contributed by atoms with Gasteiger partial charge in [-0.25, -0.2) is 0 Å². The molecule has 0 saturated heterocycles. The number of hydrogen-bond donors (Lipinski definition) is 0. The Kier molecular flexibility index (Phi) is 13.1. The van der Waals surface area contributed by atoms with Gasteiger partial charge in [-0.3, -0.25) is 14.7 Å². The Morgan fingerprint density at radius 1 is 0.433 bits per heavy atom. The van der Waals surface area contributed by atoms with Crippen molar-refractivity contribution in [2.75, 3.05) is 39.3 Å². The van der Waals surface area contributed by atoms with Crippen LogP contribution in [0.25, 0.3) is 0 Å². The van der Waals surface area contributed by atoms with Crippen LogP contribution in [0.1, 0.15) is 16.7 Å². The lowest BCUT2D eigenvalue weighted by molar-refractivity contribution is 0.317. The summed E-state index contributed by atoms with van der Waals surface area (Å²) in [6.45, 7) is 31.0. The molecule has 0 N–H and O–H groups in total. The molecule has 0 bridgehead atoms. The Balaban J connectivity index is 3.19. The summed E-state index contributed by atoms with van der Waals surface area (Å²) in [5, 5.41) is 0. The maximum absolute atomic E-state index is 3.89. The lowest BCUT2D eigenvalue weighted by Crippen LogP contribution is -2.26. The molecule has 1 aromatic rings. The molecule has 0 atom stereocenters. The third-order valence-electron chi connectivity index (χ3n) is 4.65. The summed E-state index contributed by atoms with van der Waals surface area (Å²) in [5.41, 5.74) is 3.92. The number of nitrogens with zero attached hydrogens (tertiary/aromatic N) is 3. The summed E-state index contributed by atoms with van der Waals surface area (Å²) in [7, 11) is 0. The largest absolute Gasteiger partial charge is 0.292 e. The van der Waals surface area contributed by atoms with E-state index in [-0.39, 0.29) is 0 Å². The summed E-state index contributed by atoms with van der Waals surface area (Å²) in [4.78, 5) is 7.00. The van der Waals surface area contributed by atoms with Gasteiger partial charge in [-0.1, -0.05) is 54.7 Å².